The van der Waals surface area contributed by atoms with Gasteiger partial charge in [0, 0.05) is 25.9 Å². The normalized spacial score (nSPS) is 10.8. The fraction of sp³-hybridized carbons (Fsp3) is 0.533. The summed E-state index contributed by atoms with van der Waals surface area (Å²) in [5.74, 6) is 1.20. The zero-order valence-corrected chi connectivity index (χ0v) is 12.1. The van der Waals surface area contributed by atoms with E-state index in [9.17, 15) is 5.11 Å². The van der Waals surface area contributed by atoms with Gasteiger partial charge in [-0.05, 0) is 23.6 Å². The lowest BCUT2D eigenvalue weighted by molar-refractivity contribution is 0.205. The fourth-order valence-corrected chi connectivity index (χ4v) is 1.80. The van der Waals surface area contributed by atoms with E-state index in [0.29, 0.717) is 19.1 Å². The van der Waals surface area contributed by atoms with E-state index < -0.39 is 0 Å². The average molecular weight is 264 g/mol. The SMILES string of the molecule is C=CCN(CCOC)c1cc(CO)cc(C(C)C)n1. The second kappa shape index (κ2) is 7.92. The molecule has 19 heavy (non-hydrogen) atoms. The number of ether oxygens (including phenoxy) is 1. The van der Waals surface area contributed by atoms with Crippen LogP contribution in [-0.4, -0.2) is 36.9 Å². The molecule has 1 N–H and O–H groups in total. The van der Waals surface area contributed by atoms with Crippen molar-refractivity contribution in [3.05, 3.63) is 36.0 Å². The highest BCUT2D eigenvalue weighted by molar-refractivity contribution is 5.43. The molecule has 0 fully saturated rings. The van der Waals surface area contributed by atoms with E-state index >= 15 is 0 Å². The molecule has 0 amide bonds. The first-order valence-electron chi connectivity index (χ1n) is 6.58. The molecule has 0 saturated carbocycles. The third kappa shape index (κ3) is 4.65. The van der Waals surface area contributed by atoms with Gasteiger partial charge in [0.05, 0.1) is 13.2 Å². The number of anilines is 1. The maximum absolute atomic E-state index is 9.36. The number of pyridine rings is 1. The maximum Gasteiger partial charge on any atom is 0.129 e. The molecule has 106 valence electrons. The van der Waals surface area contributed by atoms with Crippen LogP contribution in [0.4, 0.5) is 5.82 Å². The number of methoxy groups -OCH3 is 1. The van der Waals surface area contributed by atoms with Crippen molar-refractivity contribution in [2.24, 2.45) is 0 Å². The average Bonchev–Trinajstić information content (AvgIpc) is 2.42. The number of aliphatic hydroxyl groups excluding tert-OH is 1. The summed E-state index contributed by atoms with van der Waals surface area (Å²) in [5, 5.41) is 9.36. The van der Waals surface area contributed by atoms with Crippen molar-refractivity contribution in [2.45, 2.75) is 26.4 Å². The smallest absolute Gasteiger partial charge is 0.129 e. The first kappa shape index (κ1) is 15.7. The second-order valence-electron chi connectivity index (χ2n) is 4.80. The molecule has 0 aliphatic rings. The molecule has 1 heterocycles. The van der Waals surface area contributed by atoms with Crippen LogP contribution in [0.2, 0.25) is 0 Å². The summed E-state index contributed by atoms with van der Waals surface area (Å²) < 4.78 is 5.12. The Morgan fingerprint density at radius 2 is 2.21 bits per heavy atom. The van der Waals surface area contributed by atoms with Gasteiger partial charge in [0.1, 0.15) is 5.82 Å². The Bertz CT molecular complexity index is 405. The van der Waals surface area contributed by atoms with Gasteiger partial charge in [-0.1, -0.05) is 19.9 Å². The standard InChI is InChI=1S/C15H24N2O2/c1-5-6-17(7-8-19-4)15-10-13(11-18)9-14(16-15)12(2)3/h5,9-10,12,18H,1,6-8,11H2,2-4H3. The summed E-state index contributed by atoms with van der Waals surface area (Å²) in [6, 6.07) is 3.88. The van der Waals surface area contributed by atoms with E-state index in [2.05, 4.69) is 30.3 Å². The summed E-state index contributed by atoms with van der Waals surface area (Å²) in [4.78, 5) is 6.76. The molecule has 1 rings (SSSR count). The van der Waals surface area contributed by atoms with E-state index in [0.717, 1.165) is 23.6 Å². The quantitative estimate of drug-likeness (QED) is 0.732. The molecule has 0 aliphatic carbocycles. The van der Waals surface area contributed by atoms with Crippen molar-refractivity contribution in [3.63, 3.8) is 0 Å². The number of aromatic nitrogens is 1. The van der Waals surface area contributed by atoms with Gasteiger partial charge in [-0.25, -0.2) is 4.98 Å². The van der Waals surface area contributed by atoms with Gasteiger partial charge in [-0.2, -0.15) is 0 Å². The summed E-state index contributed by atoms with van der Waals surface area (Å²) in [5.41, 5.74) is 1.88. The van der Waals surface area contributed by atoms with E-state index in [1.807, 2.05) is 18.2 Å². The van der Waals surface area contributed by atoms with Crippen LogP contribution in [0.25, 0.3) is 0 Å². The Hall–Kier alpha value is -1.39. The van der Waals surface area contributed by atoms with Crippen LogP contribution in [0.1, 0.15) is 31.0 Å². The first-order valence-corrected chi connectivity index (χ1v) is 6.58. The van der Waals surface area contributed by atoms with Crippen molar-refractivity contribution in [1.29, 1.82) is 0 Å². The van der Waals surface area contributed by atoms with Gasteiger partial charge < -0.3 is 14.7 Å². The van der Waals surface area contributed by atoms with Gasteiger partial charge in [0.25, 0.3) is 0 Å². The molecule has 1 aromatic rings. The van der Waals surface area contributed by atoms with E-state index in [-0.39, 0.29) is 6.61 Å². The highest BCUT2D eigenvalue weighted by atomic mass is 16.5. The molecule has 0 saturated heterocycles. The van der Waals surface area contributed by atoms with Crippen molar-refractivity contribution < 1.29 is 9.84 Å². The Kier molecular flexibility index (Phi) is 6.53. The van der Waals surface area contributed by atoms with E-state index in [4.69, 9.17) is 4.74 Å². The van der Waals surface area contributed by atoms with Crippen molar-refractivity contribution >= 4 is 5.82 Å². The number of rotatable bonds is 8. The predicted octanol–water partition coefficient (Wildman–Crippen LogP) is 2.34. The highest BCUT2D eigenvalue weighted by Gasteiger charge is 2.11. The van der Waals surface area contributed by atoms with E-state index in [1.165, 1.54) is 0 Å². The molecule has 0 unspecified atom stereocenters. The molecule has 4 nitrogen and oxygen atoms in total. The lowest BCUT2D eigenvalue weighted by Crippen LogP contribution is -2.28. The fourth-order valence-electron chi connectivity index (χ4n) is 1.80. The Morgan fingerprint density at radius 1 is 1.47 bits per heavy atom. The summed E-state index contributed by atoms with van der Waals surface area (Å²) in [7, 11) is 1.68. The zero-order chi connectivity index (χ0) is 14.3. The zero-order valence-electron chi connectivity index (χ0n) is 12.1. The van der Waals surface area contributed by atoms with Crippen LogP contribution in [0.5, 0.6) is 0 Å². The van der Waals surface area contributed by atoms with Crippen LogP contribution in [-0.2, 0) is 11.3 Å². The summed E-state index contributed by atoms with van der Waals surface area (Å²) in [6.45, 7) is 10.1. The van der Waals surface area contributed by atoms with Crippen LogP contribution >= 0.6 is 0 Å². The number of hydrogen-bond acceptors (Lipinski definition) is 4. The van der Waals surface area contributed by atoms with E-state index in [1.54, 1.807) is 7.11 Å². The number of nitrogens with zero attached hydrogens (tertiary/aromatic N) is 2. The van der Waals surface area contributed by atoms with Gasteiger partial charge >= 0.3 is 0 Å². The van der Waals surface area contributed by atoms with Gasteiger partial charge in [-0.3, -0.25) is 0 Å². The predicted molar refractivity (Wildman–Crippen MR) is 78.5 cm³/mol. The summed E-state index contributed by atoms with van der Waals surface area (Å²) in [6.07, 6.45) is 1.85. The molecule has 0 aromatic carbocycles. The minimum Gasteiger partial charge on any atom is -0.392 e. The van der Waals surface area contributed by atoms with Gasteiger partial charge in [0.15, 0.2) is 0 Å². The van der Waals surface area contributed by atoms with Crippen LogP contribution in [0.15, 0.2) is 24.8 Å². The Labute approximate surface area is 115 Å². The lowest BCUT2D eigenvalue weighted by Gasteiger charge is -2.23. The monoisotopic (exact) mass is 264 g/mol. The molecule has 1 aromatic heterocycles. The molecule has 4 heteroatoms. The minimum atomic E-state index is 0.0292. The molecule has 0 spiro atoms. The number of aliphatic hydroxyl groups is 1. The van der Waals surface area contributed by atoms with Crippen molar-refractivity contribution in [3.8, 4) is 0 Å². The van der Waals surface area contributed by atoms with Crippen LogP contribution in [0.3, 0.4) is 0 Å². The topological polar surface area (TPSA) is 45.6 Å². The molecule has 0 aliphatic heterocycles. The third-order valence-corrected chi connectivity index (χ3v) is 2.90. The van der Waals surface area contributed by atoms with Gasteiger partial charge in [0.2, 0.25) is 0 Å². The second-order valence-corrected chi connectivity index (χ2v) is 4.80. The first-order chi connectivity index (χ1) is 9.12. The minimum absolute atomic E-state index is 0.0292. The number of hydrogen-bond donors (Lipinski definition) is 1. The molecular formula is C15H24N2O2. The van der Waals surface area contributed by atoms with Crippen molar-refractivity contribution in [1.82, 2.24) is 4.98 Å². The largest absolute Gasteiger partial charge is 0.392 e. The molecule has 0 radical (unpaired) electrons. The van der Waals surface area contributed by atoms with Crippen LogP contribution < -0.4 is 4.90 Å². The molecular weight excluding hydrogens is 240 g/mol. The van der Waals surface area contributed by atoms with Crippen LogP contribution in [0, 0.1) is 0 Å². The Balaban J connectivity index is 3.05. The lowest BCUT2D eigenvalue weighted by atomic mass is 10.1. The molecule has 0 atom stereocenters. The summed E-state index contributed by atoms with van der Waals surface area (Å²) >= 11 is 0. The maximum atomic E-state index is 9.36. The Morgan fingerprint density at radius 3 is 2.74 bits per heavy atom. The third-order valence-electron chi connectivity index (χ3n) is 2.90. The highest BCUT2D eigenvalue weighted by Crippen LogP contribution is 2.20. The van der Waals surface area contributed by atoms with Gasteiger partial charge in [-0.15, -0.1) is 6.58 Å². The van der Waals surface area contributed by atoms with Crippen molar-refractivity contribution in [2.75, 3.05) is 31.7 Å². The molecule has 0 bridgehead atoms.